The van der Waals surface area contributed by atoms with Gasteiger partial charge in [-0.2, -0.15) is 5.10 Å². The number of carbonyl (C=O) groups excluding carboxylic acids is 1. The maximum Gasteiger partial charge on any atom is 0.255 e. The predicted molar refractivity (Wildman–Crippen MR) is 108 cm³/mol. The Kier molecular flexibility index (Phi) is 7.65. The zero-order valence-electron chi connectivity index (χ0n) is 15.0. The molecule has 3 N–H and O–H groups in total. The number of benzene rings is 1. The summed E-state index contributed by atoms with van der Waals surface area (Å²) in [7, 11) is 0. The fraction of sp³-hybridized carbons (Fsp3) is 0.444. The van der Waals surface area contributed by atoms with Crippen molar-refractivity contribution in [1.29, 1.82) is 0 Å². The minimum atomic E-state index is -0.421. The van der Waals surface area contributed by atoms with Crippen LogP contribution in [-0.2, 0) is 0 Å². The summed E-state index contributed by atoms with van der Waals surface area (Å²) in [4.78, 5) is 12.7. The van der Waals surface area contributed by atoms with Crippen molar-refractivity contribution in [3.63, 3.8) is 0 Å². The van der Waals surface area contributed by atoms with E-state index in [0.29, 0.717) is 18.0 Å². The first-order chi connectivity index (χ1) is 11.3. The van der Waals surface area contributed by atoms with Crippen molar-refractivity contribution < 1.29 is 4.79 Å². The van der Waals surface area contributed by atoms with Gasteiger partial charge in [-0.25, -0.2) is 4.68 Å². The molecule has 0 saturated heterocycles. The third-order valence-corrected chi connectivity index (χ3v) is 4.53. The lowest BCUT2D eigenvalue weighted by Gasteiger charge is -2.31. The highest BCUT2D eigenvalue weighted by Gasteiger charge is 2.27. The van der Waals surface area contributed by atoms with Crippen molar-refractivity contribution in [3.8, 4) is 5.69 Å². The van der Waals surface area contributed by atoms with Crippen molar-refractivity contribution in [2.24, 2.45) is 11.7 Å². The fourth-order valence-corrected chi connectivity index (χ4v) is 3.32. The first kappa shape index (κ1) is 21.7. The molecule has 1 unspecified atom stereocenters. The normalized spacial score (nSPS) is 13.2. The Morgan fingerprint density at radius 1 is 1.44 bits per heavy atom. The minimum Gasteiger partial charge on any atom is -0.345 e. The van der Waals surface area contributed by atoms with Gasteiger partial charge in [0.2, 0.25) is 0 Å². The van der Waals surface area contributed by atoms with Crippen molar-refractivity contribution in [3.05, 3.63) is 46.2 Å². The maximum atomic E-state index is 12.7. The smallest absolute Gasteiger partial charge is 0.255 e. The molecular weight excluding hydrogens is 404 g/mol. The van der Waals surface area contributed by atoms with E-state index in [1.807, 2.05) is 38.1 Å². The maximum absolute atomic E-state index is 12.7. The second kappa shape index (κ2) is 8.83. The second-order valence-electron chi connectivity index (χ2n) is 6.85. The lowest BCUT2D eigenvalue weighted by atomic mass is 9.90. The Morgan fingerprint density at radius 3 is 2.68 bits per heavy atom. The number of carbonyl (C=O) groups is 1. The summed E-state index contributed by atoms with van der Waals surface area (Å²) in [5, 5.41) is 7.45. The number of rotatable bonds is 6. The molecule has 0 aliphatic heterocycles. The van der Waals surface area contributed by atoms with Gasteiger partial charge >= 0.3 is 0 Å². The molecule has 1 aromatic heterocycles. The van der Waals surface area contributed by atoms with Crippen molar-refractivity contribution in [1.82, 2.24) is 15.1 Å². The van der Waals surface area contributed by atoms with Crippen LogP contribution in [0.25, 0.3) is 5.69 Å². The van der Waals surface area contributed by atoms with Crippen molar-refractivity contribution in [2.45, 2.75) is 39.7 Å². The topological polar surface area (TPSA) is 72.9 Å². The lowest BCUT2D eigenvalue weighted by Crippen LogP contribution is -2.52. The molecule has 0 spiro atoms. The summed E-state index contributed by atoms with van der Waals surface area (Å²) in [6.45, 7) is 8.52. The molecule has 0 aliphatic rings. The summed E-state index contributed by atoms with van der Waals surface area (Å²) >= 11 is 3.46. The van der Waals surface area contributed by atoms with Gasteiger partial charge in [0.15, 0.2) is 0 Å². The van der Waals surface area contributed by atoms with Gasteiger partial charge < -0.3 is 11.1 Å². The van der Waals surface area contributed by atoms with Crippen LogP contribution in [0.15, 0.2) is 34.9 Å². The molecule has 1 atom stereocenters. The zero-order chi connectivity index (χ0) is 17.9. The molecule has 0 aliphatic carbocycles. The summed E-state index contributed by atoms with van der Waals surface area (Å²) in [5.41, 5.74) is 7.75. The molecule has 2 rings (SSSR count). The molecule has 1 aromatic carbocycles. The van der Waals surface area contributed by atoms with Crippen LogP contribution >= 0.6 is 28.3 Å². The lowest BCUT2D eigenvalue weighted by molar-refractivity contribution is 0.0897. The van der Waals surface area contributed by atoms with E-state index >= 15 is 0 Å². The van der Waals surface area contributed by atoms with Crippen molar-refractivity contribution in [2.75, 3.05) is 6.54 Å². The Morgan fingerprint density at radius 2 is 2.12 bits per heavy atom. The number of amides is 1. The largest absolute Gasteiger partial charge is 0.345 e. The summed E-state index contributed by atoms with van der Waals surface area (Å²) in [6.07, 6.45) is 2.44. The van der Waals surface area contributed by atoms with Gasteiger partial charge in [-0.3, -0.25) is 4.79 Å². The van der Waals surface area contributed by atoms with Gasteiger partial charge in [-0.15, -0.1) is 12.4 Å². The highest BCUT2D eigenvalue weighted by Crippen LogP contribution is 2.20. The minimum absolute atomic E-state index is 0. The summed E-state index contributed by atoms with van der Waals surface area (Å²) in [5.74, 6) is 0.312. The molecular formula is C18H26BrClN4O. The van der Waals surface area contributed by atoms with E-state index in [9.17, 15) is 4.79 Å². The third kappa shape index (κ3) is 5.30. The average molecular weight is 430 g/mol. The number of halogens is 2. The molecule has 0 radical (unpaired) electrons. The molecule has 1 amide bonds. The Balaban J connectivity index is 0.00000312. The molecule has 1 heterocycles. The number of aromatic nitrogens is 2. The molecule has 0 fully saturated rings. The van der Waals surface area contributed by atoms with Crippen LogP contribution < -0.4 is 11.1 Å². The van der Waals surface area contributed by atoms with E-state index in [1.54, 1.807) is 10.9 Å². The number of hydrogen-bond donors (Lipinski definition) is 2. The predicted octanol–water partition coefficient (Wildman–Crippen LogP) is 3.86. The van der Waals surface area contributed by atoms with Crippen LogP contribution in [0.2, 0.25) is 0 Å². The van der Waals surface area contributed by atoms with E-state index in [-0.39, 0.29) is 18.3 Å². The number of nitrogens with zero attached hydrogens (tertiary/aromatic N) is 2. The SMILES string of the molecule is Cc1c(C(=O)NC(C)(CN)CC(C)C)cnn1-c1cccc(Br)c1.Cl. The van der Waals surface area contributed by atoms with Gasteiger partial charge in [0.1, 0.15) is 0 Å². The molecule has 5 nitrogen and oxygen atoms in total. The van der Waals surface area contributed by atoms with E-state index in [1.165, 1.54) is 0 Å². The van der Waals surface area contributed by atoms with E-state index in [4.69, 9.17) is 5.73 Å². The molecule has 7 heteroatoms. The fourth-order valence-electron chi connectivity index (χ4n) is 2.93. The number of hydrogen-bond acceptors (Lipinski definition) is 3. The third-order valence-electron chi connectivity index (χ3n) is 4.03. The van der Waals surface area contributed by atoms with Gasteiger partial charge in [0.25, 0.3) is 5.91 Å². The van der Waals surface area contributed by atoms with Gasteiger partial charge in [0, 0.05) is 16.6 Å². The van der Waals surface area contributed by atoms with Gasteiger partial charge in [-0.1, -0.05) is 35.8 Å². The van der Waals surface area contributed by atoms with E-state index in [2.05, 4.69) is 40.2 Å². The van der Waals surface area contributed by atoms with E-state index in [0.717, 1.165) is 22.3 Å². The number of nitrogens with one attached hydrogen (secondary N) is 1. The molecule has 25 heavy (non-hydrogen) atoms. The molecule has 0 bridgehead atoms. The average Bonchev–Trinajstić information content (AvgIpc) is 2.88. The highest BCUT2D eigenvalue weighted by molar-refractivity contribution is 9.10. The first-order valence-corrected chi connectivity index (χ1v) is 8.88. The first-order valence-electron chi connectivity index (χ1n) is 8.09. The molecule has 0 saturated carbocycles. The summed E-state index contributed by atoms with van der Waals surface area (Å²) in [6, 6.07) is 7.81. The van der Waals surface area contributed by atoms with Gasteiger partial charge in [-0.05, 0) is 44.4 Å². The summed E-state index contributed by atoms with van der Waals surface area (Å²) < 4.78 is 2.73. The van der Waals surface area contributed by atoms with Crippen LogP contribution in [-0.4, -0.2) is 27.8 Å². The number of nitrogens with two attached hydrogens (primary N) is 1. The molecule has 2 aromatic rings. The van der Waals surface area contributed by atoms with Crippen LogP contribution in [0, 0.1) is 12.8 Å². The standard InChI is InChI=1S/C18H25BrN4O.ClH/c1-12(2)9-18(4,11-20)22-17(24)16-10-21-23(13(16)3)15-7-5-6-14(19)8-15;/h5-8,10,12H,9,11,20H2,1-4H3,(H,22,24);1H. The highest BCUT2D eigenvalue weighted by atomic mass is 79.9. The Bertz CT molecular complexity index is 732. The van der Waals surface area contributed by atoms with Crippen LogP contribution in [0.1, 0.15) is 43.2 Å². The Hall–Kier alpha value is -1.37. The second-order valence-corrected chi connectivity index (χ2v) is 7.77. The quantitative estimate of drug-likeness (QED) is 0.732. The van der Waals surface area contributed by atoms with Gasteiger partial charge in [0.05, 0.1) is 23.1 Å². The van der Waals surface area contributed by atoms with Crippen LogP contribution in [0.4, 0.5) is 0 Å². The Labute approximate surface area is 163 Å². The van der Waals surface area contributed by atoms with Crippen LogP contribution in [0.5, 0.6) is 0 Å². The van der Waals surface area contributed by atoms with Crippen LogP contribution in [0.3, 0.4) is 0 Å². The monoisotopic (exact) mass is 428 g/mol. The van der Waals surface area contributed by atoms with Crippen molar-refractivity contribution >= 4 is 34.2 Å². The van der Waals surface area contributed by atoms with E-state index < -0.39 is 5.54 Å². The zero-order valence-corrected chi connectivity index (χ0v) is 17.4. The molecule has 138 valence electrons.